The van der Waals surface area contributed by atoms with Gasteiger partial charge in [0.05, 0.1) is 19.2 Å². The molecule has 0 fully saturated rings. The lowest BCUT2D eigenvalue weighted by Gasteiger charge is -2.15. The number of nitrogens with one attached hydrogen (secondary N) is 2. The molecule has 4 rings (SSSR count). The Kier molecular flexibility index (Phi) is 6.17. The Morgan fingerprint density at radius 2 is 1.55 bits per heavy atom. The second-order valence-corrected chi connectivity index (χ2v) is 7.41. The summed E-state index contributed by atoms with van der Waals surface area (Å²) >= 11 is 0. The number of hydrogen-bond donors (Lipinski definition) is 2. The Morgan fingerprint density at radius 1 is 0.909 bits per heavy atom. The van der Waals surface area contributed by atoms with Crippen LogP contribution in [0.1, 0.15) is 18.1 Å². The van der Waals surface area contributed by atoms with Gasteiger partial charge < -0.3 is 15.4 Å². The minimum absolute atomic E-state index is 0.131. The molecule has 8 heteroatoms. The lowest BCUT2D eigenvalue weighted by Crippen LogP contribution is -2.32. The van der Waals surface area contributed by atoms with E-state index >= 15 is 0 Å². The van der Waals surface area contributed by atoms with E-state index in [4.69, 9.17) is 4.74 Å². The smallest absolute Gasteiger partial charge is 0.278 e. The van der Waals surface area contributed by atoms with Crippen molar-refractivity contribution in [2.24, 2.45) is 0 Å². The molecule has 0 spiro atoms. The zero-order valence-corrected chi connectivity index (χ0v) is 18.2. The van der Waals surface area contributed by atoms with Crippen molar-refractivity contribution in [3.8, 4) is 5.75 Å². The molecule has 33 heavy (non-hydrogen) atoms. The third-order valence-corrected chi connectivity index (χ3v) is 5.11. The van der Waals surface area contributed by atoms with Gasteiger partial charge >= 0.3 is 0 Å². The maximum absolute atomic E-state index is 13.4. The molecule has 1 aliphatic rings. The predicted octanol–water partition coefficient (Wildman–Crippen LogP) is 3.44. The van der Waals surface area contributed by atoms with Crippen molar-refractivity contribution in [3.05, 3.63) is 89.9 Å². The molecule has 0 saturated carbocycles. The van der Waals surface area contributed by atoms with E-state index in [-0.39, 0.29) is 29.6 Å². The van der Waals surface area contributed by atoms with Gasteiger partial charge in [0.1, 0.15) is 11.4 Å². The van der Waals surface area contributed by atoms with Crippen LogP contribution in [0.5, 0.6) is 5.75 Å². The molecule has 3 aromatic rings. The van der Waals surface area contributed by atoms with Gasteiger partial charge in [-0.2, -0.15) is 0 Å². The van der Waals surface area contributed by atoms with E-state index in [1.165, 1.54) is 11.8 Å². The first-order valence-corrected chi connectivity index (χ1v) is 10.2. The van der Waals surface area contributed by atoms with E-state index < -0.39 is 5.91 Å². The van der Waals surface area contributed by atoms with E-state index in [0.29, 0.717) is 22.7 Å². The Balaban J connectivity index is 1.69. The Bertz CT molecular complexity index is 1220. The number of carbonyl (C=O) groups is 3. The number of methoxy groups -OCH3 is 1. The number of nitrogens with zero attached hydrogens (tertiary/aromatic N) is 2. The number of hydrogen-bond acceptors (Lipinski definition) is 6. The van der Waals surface area contributed by atoms with Gasteiger partial charge in [-0.1, -0.05) is 12.1 Å². The number of ether oxygens (including phenoxy) is 1. The highest BCUT2D eigenvalue weighted by Gasteiger charge is 2.39. The first kappa shape index (κ1) is 21.8. The molecular weight excluding hydrogens is 420 g/mol. The van der Waals surface area contributed by atoms with Crippen LogP contribution >= 0.6 is 0 Å². The molecule has 1 aliphatic heterocycles. The number of benzene rings is 2. The molecule has 0 saturated heterocycles. The summed E-state index contributed by atoms with van der Waals surface area (Å²) in [5.41, 5.74) is 3.10. The van der Waals surface area contributed by atoms with Crippen LogP contribution in [0.15, 0.2) is 78.8 Å². The average Bonchev–Trinajstić information content (AvgIpc) is 3.05. The molecule has 0 bridgehead atoms. The molecule has 1 aromatic heterocycles. The van der Waals surface area contributed by atoms with Gasteiger partial charge in [-0.15, -0.1) is 0 Å². The predicted molar refractivity (Wildman–Crippen MR) is 124 cm³/mol. The fourth-order valence-corrected chi connectivity index (χ4v) is 3.52. The Morgan fingerprint density at radius 3 is 2.15 bits per heavy atom. The fourth-order valence-electron chi connectivity index (χ4n) is 3.52. The van der Waals surface area contributed by atoms with Gasteiger partial charge in [0.15, 0.2) is 0 Å². The van der Waals surface area contributed by atoms with Crippen LogP contribution in [-0.2, 0) is 20.9 Å². The summed E-state index contributed by atoms with van der Waals surface area (Å²) < 4.78 is 5.21. The molecule has 0 unspecified atom stereocenters. The quantitative estimate of drug-likeness (QED) is 0.544. The summed E-state index contributed by atoms with van der Waals surface area (Å²) in [6.07, 6.45) is 3.24. The van der Waals surface area contributed by atoms with Gasteiger partial charge in [-0.25, -0.2) is 0 Å². The zero-order valence-electron chi connectivity index (χ0n) is 18.2. The van der Waals surface area contributed by atoms with Gasteiger partial charge in [0.2, 0.25) is 5.91 Å². The summed E-state index contributed by atoms with van der Waals surface area (Å²) in [4.78, 5) is 43.1. The van der Waals surface area contributed by atoms with E-state index in [1.54, 1.807) is 80.2 Å². The highest BCUT2D eigenvalue weighted by molar-refractivity contribution is 6.36. The summed E-state index contributed by atoms with van der Waals surface area (Å²) in [6.45, 7) is 1.56. The minimum Gasteiger partial charge on any atom is -0.497 e. The summed E-state index contributed by atoms with van der Waals surface area (Å²) in [6, 6.07) is 17.4. The van der Waals surface area contributed by atoms with Crippen LogP contribution in [-0.4, -0.2) is 34.7 Å². The molecule has 8 nitrogen and oxygen atoms in total. The maximum atomic E-state index is 13.4. The van der Waals surface area contributed by atoms with Crippen LogP contribution in [0, 0.1) is 0 Å². The lowest BCUT2D eigenvalue weighted by molar-refractivity contribution is -0.137. The number of carbonyl (C=O) groups excluding carboxylic acids is 3. The molecule has 0 radical (unpaired) electrons. The summed E-state index contributed by atoms with van der Waals surface area (Å²) in [7, 11) is 1.56. The number of imide groups is 1. The standard InChI is InChI=1S/C25H22N4O4/c1-16(30)27-19-5-7-20(8-6-19)28-23-22(18-3-9-21(33-2)10-4-18)24(31)29(25(23)32)15-17-11-13-26-14-12-17/h3-14,28H,15H2,1-2H3,(H,27,30). The molecule has 0 atom stereocenters. The van der Waals surface area contributed by atoms with E-state index in [1.807, 2.05) is 0 Å². The molecular formula is C25H22N4O4. The number of rotatable bonds is 7. The summed E-state index contributed by atoms with van der Waals surface area (Å²) in [5, 5.41) is 5.80. The zero-order chi connectivity index (χ0) is 23.4. The second-order valence-electron chi connectivity index (χ2n) is 7.41. The Labute approximate surface area is 190 Å². The van der Waals surface area contributed by atoms with E-state index in [0.717, 1.165) is 5.56 Å². The van der Waals surface area contributed by atoms with Crippen molar-refractivity contribution in [1.82, 2.24) is 9.88 Å². The highest BCUT2D eigenvalue weighted by atomic mass is 16.5. The fraction of sp³-hybridized carbons (Fsp3) is 0.120. The third kappa shape index (κ3) is 4.74. The SMILES string of the molecule is COc1ccc(C2=C(Nc3ccc(NC(C)=O)cc3)C(=O)N(Cc3ccncc3)C2=O)cc1. The Hall–Kier alpha value is -4.46. The van der Waals surface area contributed by atoms with Crippen LogP contribution in [0.2, 0.25) is 0 Å². The number of aromatic nitrogens is 1. The second kappa shape index (κ2) is 9.35. The monoisotopic (exact) mass is 442 g/mol. The lowest BCUT2D eigenvalue weighted by atomic mass is 10.0. The summed E-state index contributed by atoms with van der Waals surface area (Å²) in [5.74, 6) is -0.343. The van der Waals surface area contributed by atoms with Crippen molar-refractivity contribution in [1.29, 1.82) is 0 Å². The minimum atomic E-state index is -0.423. The van der Waals surface area contributed by atoms with Gasteiger partial charge in [0, 0.05) is 30.7 Å². The topological polar surface area (TPSA) is 101 Å². The van der Waals surface area contributed by atoms with Crippen LogP contribution in [0.4, 0.5) is 11.4 Å². The van der Waals surface area contributed by atoms with Gasteiger partial charge in [-0.05, 0) is 59.7 Å². The molecule has 0 aliphatic carbocycles. The van der Waals surface area contributed by atoms with Crippen molar-refractivity contribution in [3.63, 3.8) is 0 Å². The maximum Gasteiger partial charge on any atom is 0.278 e. The first-order chi connectivity index (χ1) is 16.0. The molecule has 166 valence electrons. The third-order valence-electron chi connectivity index (χ3n) is 5.11. The van der Waals surface area contributed by atoms with Crippen LogP contribution in [0.3, 0.4) is 0 Å². The number of amides is 3. The highest BCUT2D eigenvalue weighted by Crippen LogP contribution is 2.32. The van der Waals surface area contributed by atoms with Crippen molar-refractivity contribution >= 4 is 34.7 Å². The van der Waals surface area contributed by atoms with Crippen LogP contribution in [0.25, 0.3) is 5.57 Å². The number of anilines is 2. The average molecular weight is 442 g/mol. The van der Waals surface area contributed by atoms with Gasteiger partial charge in [0.25, 0.3) is 11.8 Å². The van der Waals surface area contributed by atoms with Crippen molar-refractivity contribution < 1.29 is 19.1 Å². The largest absolute Gasteiger partial charge is 0.497 e. The molecule has 2 heterocycles. The van der Waals surface area contributed by atoms with E-state index in [2.05, 4.69) is 15.6 Å². The molecule has 2 N–H and O–H groups in total. The molecule has 3 amide bonds. The van der Waals surface area contributed by atoms with Crippen molar-refractivity contribution in [2.45, 2.75) is 13.5 Å². The van der Waals surface area contributed by atoms with Crippen molar-refractivity contribution in [2.75, 3.05) is 17.7 Å². The number of pyridine rings is 1. The first-order valence-electron chi connectivity index (χ1n) is 10.2. The normalized spacial score (nSPS) is 13.3. The molecule has 2 aromatic carbocycles. The van der Waals surface area contributed by atoms with Gasteiger partial charge in [-0.3, -0.25) is 24.3 Å². The van der Waals surface area contributed by atoms with Crippen LogP contribution < -0.4 is 15.4 Å². The van der Waals surface area contributed by atoms with E-state index in [9.17, 15) is 14.4 Å².